The van der Waals surface area contributed by atoms with Crippen LogP contribution in [0, 0.1) is 13.8 Å². The molecule has 0 aliphatic rings. The molecular formula is C18H22O2. The summed E-state index contributed by atoms with van der Waals surface area (Å²) in [5, 5.41) is 11.1. The zero-order valence-corrected chi connectivity index (χ0v) is 12.4. The zero-order chi connectivity index (χ0) is 14.6. The molecule has 1 unspecified atom stereocenters. The van der Waals surface area contributed by atoms with Gasteiger partial charge in [0.05, 0.1) is 6.61 Å². The Morgan fingerprint density at radius 2 is 1.55 bits per heavy atom. The molecule has 0 spiro atoms. The highest BCUT2D eigenvalue weighted by Crippen LogP contribution is 2.29. The van der Waals surface area contributed by atoms with Crippen LogP contribution in [0.4, 0.5) is 0 Å². The quantitative estimate of drug-likeness (QED) is 0.902. The lowest BCUT2D eigenvalue weighted by atomic mass is 9.85. The number of ether oxygens (including phenoxy) is 1. The maximum atomic E-state index is 11.1. The largest absolute Gasteiger partial charge is 0.382 e. The van der Waals surface area contributed by atoms with Crippen molar-refractivity contribution in [3.63, 3.8) is 0 Å². The van der Waals surface area contributed by atoms with E-state index in [1.165, 1.54) is 16.7 Å². The normalized spacial score (nSPS) is 14.0. The summed E-state index contributed by atoms with van der Waals surface area (Å²) in [7, 11) is 1.62. The van der Waals surface area contributed by atoms with Gasteiger partial charge in [0, 0.05) is 13.5 Å². The Labute approximate surface area is 121 Å². The van der Waals surface area contributed by atoms with Crippen LogP contribution in [0.25, 0.3) is 0 Å². The van der Waals surface area contributed by atoms with E-state index in [1.807, 2.05) is 36.4 Å². The van der Waals surface area contributed by atoms with Gasteiger partial charge in [-0.15, -0.1) is 0 Å². The predicted octanol–water partition coefficient (Wildman–Crippen LogP) is 3.38. The third-order valence-electron chi connectivity index (χ3n) is 3.81. The molecule has 0 aromatic heterocycles. The van der Waals surface area contributed by atoms with Crippen LogP contribution in [0.15, 0.2) is 48.5 Å². The van der Waals surface area contributed by atoms with Crippen LogP contribution in [-0.2, 0) is 16.8 Å². The number of aliphatic hydroxyl groups is 1. The van der Waals surface area contributed by atoms with Gasteiger partial charge in [-0.2, -0.15) is 0 Å². The minimum absolute atomic E-state index is 0.283. The SMILES string of the molecule is COCC(O)(Cc1c(C)cccc1C)c1ccccc1. The van der Waals surface area contributed by atoms with E-state index in [1.54, 1.807) is 7.11 Å². The summed E-state index contributed by atoms with van der Waals surface area (Å²) in [6, 6.07) is 16.0. The molecule has 0 radical (unpaired) electrons. The fourth-order valence-corrected chi connectivity index (χ4v) is 2.64. The van der Waals surface area contributed by atoms with Gasteiger partial charge in [-0.25, -0.2) is 0 Å². The fourth-order valence-electron chi connectivity index (χ4n) is 2.64. The van der Waals surface area contributed by atoms with Crippen LogP contribution < -0.4 is 0 Å². The Kier molecular flexibility index (Phi) is 4.58. The number of methoxy groups -OCH3 is 1. The van der Waals surface area contributed by atoms with Gasteiger partial charge in [0.15, 0.2) is 0 Å². The monoisotopic (exact) mass is 270 g/mol. The van der Waals surface area contributed by atoms with E-state index in [0.717, 1.165) is 5.56 Å². The summed E-state index contributed by atoms with van der Waals surface area (Å²) in [5.74, 6) is 0. The van der Waals surface area contributed by atoms with E-state index in [-0.39, 0.29) is 6.61 Å². The molecule has 0 aliphatic carbocycles. The van der Waals surface area contributed by atoms with Crippen molar-refractivity contribution in [2.45, 2.75) is 25.9 Å². The van der Waals surface area contributed by atoms with Crippen molar-refractivity contribution in [1.82, 2.24) is 0 Å². The number of aryl methyl sites for hydroxylation is 2. The van der Waals surface area contributed by atoms with Crippen LogP contribution in [0.2, 0.25) is 0 Å². The minimum Gasteiger partial charge on any atom is -0.382 e. The molecule has 0 fully saturated rings. The van der Waals surface area contributed by atoms with E-state index in [2.05, 4.69) is 26.0 Å². The fraction of sp³-hybridized carbons (Fsp3) is 0.333. The summed E-state index contributed by atoms with van der Waals surface area (Å²) in [5.41, 5.74) is 3.50. The van der Waals surface area contributed by atoms with Crippen molar-refractivity contribution in [1.29, 1.82) is 0 Å². The Bertz CT molecular complexity index is 543. The second-order valence-electron chi connectivity index (χ2n) is 5.38. The first-order valence-electron chi connectivity index (χ1n) is 6.89. The van der Waals surface area contributed by atoms with Gasteiger partial charge in [0.1, 0.15) is 5.60 Å². The Morgan fingerprint density at radius 3 is 2.10 bits per heavy atom. The van der Waals surface area contributed by atoms with Gasteiger partial charge in [-0.1, -0.05) is 48.5 Å². The van der Waals surface area contributed by atoms with Crippen molar-refractivity contribution in [2.75, 3.05) is 13.7 Å². The van der Waals surface area contributed by atoms with Crippen LogP contribution >= 0.6 is 0 Å². The van der Waals surface area contributed by atoms with Crippen molar-refractivity contribution in [2.24, 2.45) is 0 Å². The average molecular weight is 270 g/mol. The molecule has 2 rings (SSSR count). The molecule has 0 heterocycles. The van der Waals surface area contributed by atoms with Crippen molar-refractivity contribution < 1.29 is 9.84 Å². The smallest absolute Gasteiger partial charge is 0.117 e. The van der Waals surface area contributed by atoms with Crippen LogP contribution in [0.3, 0.4) is 0 Å². The van der Waals surface area contributed by atoms with E-state index in [9.17, 15) is 5.11 Å². The molecule has 1 atom stereocenters. The molecule has 1 N–H and O–H groups in total. The van der Waals surface area contributed by atoms with Crippen LogP contribution in [0.5, 0.6) is 0 Å². The number of hydrogen-bond acceptors (Lipinski definition) is 2. The Balaban J connectivity index is 2.40. The van der Waals surface area contributed by atoms with E-state index >= 15 is 0 Å². The van der Waals surface area contributed by atoms with Crippen LogP contribution in [-0.4, -0.2) is 18.8 Å². The molecule has 0 saturated carbocycles. The summed E-state index contributed by atoms with van der Waals surface area (Å²) >= 11 is 0. The van der Waals surface area contributed by atoms with Crippen molar-refractivity contribution in [3.05, 3.63) is 70.8 Å². The molecular weight excluding hydrogens is 248 g/mol. The minimum atomic E-state index is -0.993. The highest BCUT2D eigenvalue weighted by Gasteiger charge is 2.30. The first kappa shape index (κ1) is 14.8. The molecule has 0 bridgehead atoms. The molecule has 2 aromatic rings. The Hall–Kier alpha value is -1.64. The van der Waals surface area contributed by atoms with Gasteiger partial charge in [-0.3, -0.25) is 0 Å². The lowest BCUT2D eigenvalue weighted by molar-refractivity contribution is -0.0357. The van der Waals surface area contributed by atoms with Crippen molar-refractivity contribution >= 4 is 0 Å². The molecule has 0 amide bonds. The first-order chi connectivity index (χ1) is 9.57. The molecule has 0 aliphatic heterocycles. The maximum Gasteiger partial charge on any atom is 0.117 e. The summed E-state index contributed by atoms with van der Waals surface area (Å²) in [4.78, 5) is 0. The van der Waals surface area contributed by atoms with Gasteiger partial charge >= 0.3 is 0 Å². The average Bonchev–Trinajstić information content (AvgIpc) is 2.44. The third kappa shape index (κ3) is 3.09. The van der Waals surface area contributed by atoms with Gasteiger partial charge in [0.2, 0.25) is 0 Å². The van der Waals surface area contributed by atoms with E-state index < -0.39 is 5.60 Å². The second kappa shape index (κ2) is 6.21. The molecule has 0 saturated heterocycles. The van der Waals surface area contributed by atoms with Gasteiger partial charge < -0.3 is 9.84 Å². The summed E-state index contributed by atoms with van der Waals surface area (Å²) < 4.78 is 5.26. The predicted molar refractivity (Wildman–Crippen MR) is 81.8 cm³/mol. The van der Waals surface area contributed by atoms with Gasteiger partial charge in [-0.05, 0) is 36.1 Å². The van der Waals surface area contributed by atoms with Gasteiger partial charge in [0.25, 0.3) is 0 Å². The van der Waals surface area contributed by atoms with E-state index in [0.29, 0.717) is 6.42 Å². The van der Waals surface area contributed by atoms with Crippen molar-refractivity contribution in [3.8, 4) is 0 Å². The molecule has 2 aromatic carbocycles. The van der Waals surface area contributed by atoms with Crippen LogP contribution in [0.1, 0.15) is 22.3 Å². The topological polar surface area (TPSA) is 29.5 Å². The lowest BCUT2D eigenvalue weighted by Gasteiger charge is -2.29. The Morgan fingerprint density at radius 1 is 0.950 bits per heavy atom. The number of benzene rings is 2. The molecule has 2 heteroatoms. The molecule has 106 valence electrons. The lowest BCUT2D eigenvalue weighted by Crippen LogP contribution is -2.34. The highest BCUT2D eigenvalue weighted by atomic mass is 16.5. The zero-order valence-electron chi connectivity index (χ0n) is 12.4. The highest BCUT2D eigenvalue weighted by molar-refractivity contribution is 5.36. The molecule has 20 heavy (non-hydrogen) atoms. The van der Waals surface area contributed by atoms with E-state index in [4.69, 9.17) is 4.74 Å². The maximum absolute atomic E-state index is 11.1. The molecule has 2 nitrogen and oxygen atoms in total. The standard InChI is InChI=1S/C18H22O2/c1-14-8-7-9-15(2)17(14)12-18(19,13-20-3)16-10-5-4-6-11-16/h4-11,19H,12-13H2,1-3H3. The summed E-state index contributed by atoms with van der Waals surface area (Å²) in [6.45, 7) is 4.45. The number of rotatable bonds is 5. The summed E-state index contributed by atoms with van der Waals surface area (Å²) in [6.07, 6.45) is 0.559. The third-order valence-corrected chi connectivity index (χ3v) is 3.81. The first-order valence-corrected chi connectivity index (χ1v) is 6.89. The second-order valence-corrected chi connectivity index (χ2v) is 5.38. The number of hydrogen-bond donors (Lipinski definition) is 1.